The minimum absolute atomic E-state index is 1.12. The normalized spacial score (nSPS) is 10.3. The van der Waals surface area contributed by atoms with Crippen molar-refractivity contribution >= 4 is 16.3 Å². The van der Waals surface area contributed by atoms with Crippen molar-refractivity contribution in [2.75, 3.05) is 32.1 Å². The summed E-state index contributed by atoms with van der Waals surface area (Å²) in [7, 11) is 4.16. The minimum Gasteiger partial charge on any atom is -0.367 e. The maximum atomic E-state index is 3.16. The molecule has 2 nitrogen and oxygen atoms in total. The fourth-order valence-corrected chi connectivity index (χ4v) is 1.97. The van der Waals surface area contributed by atoms with Gasteiger partial charge in [0.25, 0.3) is 0 Å². The summed E-state index contributed by atoms with van der Waals surface area (Å²) < 4.78 is 0. The molecule has 1 rings (SSSR count). The van der Waals surface area contributed by atoms with E-state index in [1.54, 1.807) is 11.3 Å². The SMILES string of the molecule is CNCCCCN(C)c1cccs1. The van der Waals surface area contributed by atoms with Crippen LogP contribution >= 0.6 is 11.3 Å². The standard InChI is InChI=1S/C10H18N2S/c1-11-7-3-4-8-12(2)10-6-5-9-13-10/h5-6,9,11H,3-4,7-8H2,1-2H3. The summed E-state index contributed by atoms with van der Waals surface area (Å²) in [6, 6.07) is 4.27. The van der Waals surface area contributed by atoms with Crippen LogP contribution in [-0.4, -0.2) is 27.2 Å². The molecule has 0 bridgehead atoms. The molecule has 0 spiro atoms. The molecule has 0 aliphatic heterocycles. The van der Waals surface area contributed by atoms with Crippen molar-refractivity contribution in [3.63, 3.8) is 0 Å². The number of hydrogen-bond donors (Lipinski definition) is 1. The number of nitrogens with one attached hydrogen (secondary N) is 1. The van der Waals surface area contributed by atoms with Crippen molar-refractivity contribution in [3.8, 4) is 0 Å². The van der Waals surface area contributed by atoms with Gasteiger partial charge in [0.1, 0.15) is 0 Å². The van der Waals surface area contributed by atoms with Gasteiger partial charge in [0.15, 0.2) is 0 Å². The second-order valence-electron chi connectivity index (χ2n) is 3.18. The minimum atomic E-state index is 1.12. The van der Waals surface area contributed by atoms with Crippen LogP contribution in [0.2, 0.25) is 0 Å². The maximum absolute atomic E-state index is 3.16. The van der Waals surface area contributed by atoms with Crippen molar-refractivity contribution < 1.29 is 0 Å². The van der Waals surface area contributed by atoms with E-state index < -0.39 is 0 Å². The molecule has 0 aliphatic rings. The Hall–Kier alpha value is -0.540. The van der Waals surface area contributed by atoms with E-state index in [4.69, 9.17) is 0 Å². The van der Waals surface area contributed by atoms with Gasteiger partial charge in [-0.15, -0.1) is 11.3 Å². The molecule has 13 heavy (non-hydrogen) atoms. The molecule has 0 atom stereocenters. The lowest BCUT2D eigenvalue weighted by Crippen LogP contribution is -2.18. The van der Waals surface area contributed by atoms with Crippen molar-refractivity contribution in [3.05, 3.63) is 17.5 Å². The van der Waals surface area contributed by atoms with Crippen molar-refractivity contribution in [2.45, 2.75) is 12.8 Å². The average molecular weight is 198 g/mol. The van der Waals surface area contributed by atoms with Crippen LogP contribution in [0.4, 0.5) is 5.00 Å². The summed E-state index contributed by atoms with van der Waals surface area (Å²) in [4.78, 5) is 2.32. The Kier molecular flexibility index (Phi) is 4.86. The van der Waals surface area contributed by atoms with Crippen LogP contribution in [0.25, 0.3) is 0 Å². The first-order valence-corrected chi connectivity index (χ1v) is 5.62. The summed E-state index contributed by atoms with van der Waals surface area (Å²) in [6.07, 6.45) is 2.52. The second kappa shape index (κ2) is 6.00. The molecule has 0 amide bonds. The van der Waals surface area contributed by atoms with Crippen LogP contribution in [0.5, 0.6) is 0 Å². The molecular formula is C10H18N2S. The zero-order valence-electron chi connectivity index (χ0n) is 8.42. The lowest BCUT2D eigenvalue weighted by atomic mass is 10.3. The average Bonchev–Trinajstić information content (AvgIpc) is 2.65. The monoisotopic (exact) mass is 198 g/mol. The number of hydrogen-bond acceptors (Lipinski definition) is 3. The summed E-state index contributed by atoms with van der Waals surface area (Å²) >= 11 is 1.81. The number of unbranched alkanes of at least 4 members (excludes halogenated alkanes) is 1. The van der Waals surface area contributed by atoms with Crippen LogP contribution in [0.3, 0.4) is 0 Å². The molecule has 1 aromatic heterocycles. The molecule has 0 fully saturated rings. The van der Waals surface area contributed by atoms with E-state index >= 15 is 0 Å². The van der Waals surface area contributed by atoms with Gasteiger partial charge in [0.2, 0.25) is 0 Å². The quantitative estimate of drug-likeness (QED) is 0.705. The van der Waals surface area contributed by atoms with Crippen LogP contribution in [0, 0.1) is 0 Å². The van der Waals surface area contributed by atoms with Gasteiger partial charge in [-0.3, -0.25) is 0 Å². The van der Waals surface area contributed by atoms with Gasteiger partial charge in [0.05, 0.1) is 5.00 Å². The molecule has 3 heteroatoms. The first-order chi connectivity index (χ1) is 6.34. The Morgan fingerprint density at radius 1 is 1.46 bits per heavy atom. The topological polar surface area (TPSA) is 15.3 Å². The van der Waals surface area contributed by atoms with Crippen LogP contribution in [0.15, 0.2) is 17.5 Å². The van der Waals surface area contributed by atoms with Crippen LogP contribution in [0.1, 0.15) is 12.8 Å². The molecule has 0 aromatic carbocycles. The molecule has 1 aromatic rings. The molecule has 1 heterocycles. The van der Waals surface area contributed by atoms with Gasteiger partial charge in [-0.25, -0.2) is 0 Å². The molecule has 0 unspecified atom stereocenters. The van der Waals surface area contributed by atoms with E-state index in [0.717, 1.165) is 13.1 Å². The summed E-state index contributed by atoms with van der Waals surface area (Å²) in [5.74, 6) is 0. The van der Waals surface area contributed by atoms with E-state index in [9.17, 15) is 0 Å². The van der Waals surface area contributed by atoms with Gasteiger partial charge in [0, 0.05) is 13.6 Å². The highest BCUT2D eigenvalue weighted by molar-refractivity contribution is 7.14. The lowest BCUT2D eigenvalue weighted by Gasteiger charge is -2.16. The zero-order chi connectivity index (χ0) is 9.52. The third kappa shape index (κ3) is 3.79. The number of nitrogens with zero attached hydrogens (tertiary/aromatic N) is 1. The smallest absolute Gasteiger partial charge is 0.0905 e. The Morgan fingerprint density at radius 2 is 2.31 bits per heavy atom. The van der Waals surface area contributed by atoms with Crippen molar-refractivity contribution in [1.29, 1.82) is 0 Å². The number of rotatable bonds is 6. The molecule has 0 saturated heterocycles. The van der Waals surface area contributed by atoms with E-state index in [-0.39, 0.29) is 0 Å². The summed E-state index contributed by atoms with van der Waals surface area (Å²) in [6.45, 7) is 2.28. The molecule has 0 saturated carbocycles. The number of thiophene rings is 1. The highest BCUT2D eigenvalue weighted by atomic mass is 32.1. The highest BCUT2D eigenvalue weighted by Gasteiger charge is 1.99. The number of anilines is 1. The molecule has 1 N–H and O–H groups in total. The predicted molar refractivity (Wildman–Crippen MR) is 60.7 cm³/mol. The zero-order valence-corrected chi connectivity index (χ0v) is 9.23. The van der Waals surface area contributed by atoms with E-state index in [2.05, 4.69) is 34.8 Å². The van der Waals surface area contributed by atoms with Gasteiger partial charge >= 0.3 is 0 Å². The third-order valence-electron chi connectivity index (χ3n) is 2.05. The van der Waals surface area contributed by atoms with Crippen molar-refractivity contribution in [1.82, 2.24) is 5.32 Å². The first kappa shape index (κ1) is 10.5. The summed E-state index contributed by atoms with van der Waals surface area (Å²) in [5.41, 5.74) is 0. The fourth-order valence-electron chi connectivity index (χ4n) is 1.25. The lowest BCUT2D eigenvalue weighted by molar-refractivity contribution is 0.672. The molecule has 0 radical (unpaired) electrons. The van der Waals surface area contributed by atoms with Gasteiger partial charge in [-0.2, -0.15) is 0 Å². The molecular weight excluding hydrogens is 180 g/mol. The van der Waals surface area contributed by atoms with Gasteiger partial charge < -0.3 is 10.2 Å². The van der Waals surface area contributed by atoms with Crippen molar-refractivity contribution in [2.24, 2.45) is 0 Å². The molecule has 0 aliphatic carbocycles. The van der Waals surface area contributed by atoms with Crippen LogP contribution in [-0.2, 0) is 0 Å². The van der Waals surface area contributed by atoms with E-state index in [1.165, 1.54) is 17.8 Å². The first-order valence-electron chi connectivity index (χ1n) is 4.74. The Labute approximate surface area is 84.6 Å². The van der Waals surface area contributed by atoms with Crippen LogP contribution < -0.4 is 10.2 Å². The highest BCUT2D eigenvalue weighted by Crippen LogP contribution is 2.19. The van der Waals surface area contributed by atoms with E-state index in [0.29, 0.717) is 0 Å². The Balaban J connectivity index is 2.15. The molecule has 74 valence electrons. The predicted octanol–water partition coefficient (Wildman–Crippen LogP) is 2.18. The maximum Gasteiger partial charge on any atom is 0.0905 e. The van der Waals surface area contributed by atoms with Gasteiger partial charge in [-0.05, 0) is 43.9 Å². The van der Waals surface area contributed by atoms with Gasteiger partial charge in [-0.1, -0.05) is 0 Å². The fraction of sp³-hybridized carbons (Fsp3) is 0.600. The van der Waals surface area contributed by atoms with E-state index in [1.807, 2.05) is 7.05 Å². The largest absolute Gasteiger partial charge is 0.367 e. The third-order valence-corrected chi connectivity index (χ3v) is 3.04. The Morgan fingerprint density at radius 3 is 2.92 bits per heavy atom. The summed E-state index contributed by atoms with van der Waals surface area (Å²) in [5, 5.41) is 6.65. The second-order valence-corrected chi connectivity index (χ2v) is 4.11. The Bertz CT molecular complexity index is 209.